The molecule has 1 saturated heterocycles. The normalized spacial score (nSPS) is 16.3. The molecule has 1 heterocycles. The number of nitrogen functional groups attached to an aromatic ring is 1. The van der Waals surface area contributed by atoms with Gasteiger partial charge >= 0.3 is 10.2 Å². The number of nitrogens with two attached hydrogens (primary N) is 1. The van der Waals surface area contributed by atoms with Crippen LogP contribution in [0.3, 0.4) is 0 Å². The Hall–Kier alpha value is -2.31. The van der Waals surface area contributed by atoms with E-state index in [1.54, 1.807) is 6.07 Å². The number of benzene rings is 2. The molecule has 0 bridgehead atoms. The van der Waals surface area contributed by atoms with E-state index < -0.39 is 10.2 Å². The monoisotopic (exact) mass is 385 g/mol. The number of anilines is 2. The molecule has 0 aromatic heterocycles. The number of rotatable bonds is 6. The number of allylic oxidation sites excluding steroid dienone is 1. The zero-order valence-electron chi connectivity index (χ0n) is 15.7. The van der Waals surface area contributed by atoms with Gasteiger partial charge in [0.2, 0.25) is 0 Å². The van der Waals surface area contributed by atoms with E-state index in [-0.39, 0.29) is 0 Å². The first-order valence-corrected chi connectivity index (χ1v) is 10.9. The van der Waals surface area contributed by atoms with Crippen LogP contribution in [0.2, 0.25) is 0 Å². The molecule has 144 valence electrons. The maximum absolute atomic E-state index is 12.7. The summed E-state index contributed by atoms with van der Waals surface area (Å²) in [6, 6.07) is 15.6. The van der Waals surface area contributed by atoms with Crippen LogP contribution in [0.15, 0.2) is 54.6 Å². The van der Waals surface area contributed by atoms with Crippen molar-refractivity contribution in [2.24, 2.45) is 0 Å². The summed E-state index contributed by atoms with van der Waals surface area (Å²) in [4.78, 5) is 0. The fraction of sp³-hybridized carbons (Fsp3) is 0.333. The first-order valence-electron chi connectivity index (χ1n) is 9.44. The summed E-state index contributed by atoms with van der Waals surface area (Å²) in [5.41, 5.74) is 10.0. The standard InChI is InChI=1S/C21H27N3O2S/c1-2-9-19(17-10-5-3-6-11-17)18-12-13-20(22)21(16-18)23-27(25,26)24-14-7-4-8-15-24/h3,5-6,9-13,16,23H,2,4,7-8,14-15,22H2,1H3/b19-9+. The molecule has 0 radical (unpaired) electrons. The minimum atomic E-state index is -3.59. The second-order valence-corrected chi connectivity index (χ2v) is 8.43. The maximum atomic E-state index is 12.7. The van der Waals surface area contributed by atoms with Crippen LogP contribution in [0.1, 0.15) is 43.7 Å². The van der Waals surface area contributed by atoms with Gasteiger partial charge in [0.05, 0.1) is 11.4 Å². The number of nitrogens with one attached hydrogen (secondary N) is 1. The Kier molecular flexibility index (Phi) is 6.19. The van der Waals surface area contributed by atoms with Crippen molar-refractivity contribution in [1.82, 2.24) is 4.31 Å². The Labute approximate surface area is 162 Å². The zero-order valence-corrected chi connectivity index (χ0v) is 16.5. The molecule has 27 heavy (non-hydrogen) atoms. The Morgan fingerprint density at radius 3 is 2.44 bits per heavy atom. The van der Waals surface area contributed by atoms with Gasteiger partial charge in [-0.2, -0.15) is 12.7 Å². The van der Waals surface area contributed by atoms with Crippen molar-refractivity contribution in [2.45, 2.75) is 32.6 Å². The Morgan fingerprint density at radius 1 is 1.07 bits per heavy atom. The van der Waals surface area contributed by atoms with Crippen LogP contribution in [0.25, 0.3) is 5.57 Å². The van der Waals surface area contributed by atoms with Gasteiger partial charge in [-0.15, -0.1) is 0 Å². The van der Waals surface area contributed by atoms with Crippen molar-refractivity contribution in [2.75, 3.05) is 23.5 Å². The quantitative estimate of drug-likeness (QED) is 0.730. The van der Waals surface area contributed by atoms with E-state index in [1.807, 2.05) is 30.3 Å². The molecule has 0 amide bonds. The van der Waals surface area contributed by atoms with E-state index in [2.05, 4.69) is 29.9 Å². The van der Waals surface area contributed by atoms with Gasteiger partial charge in [-0.25, -0.2) is 0 Å². The summed E-state index contributed by atoms with van der Waals surface area (Å²) in [5, 5.41) is 0. The molecule has 6 heteroatoms. The van der Waals surface area contributed by atoms with Crippen LogP contribution in [-0.2, 0) is 10.2 Å². The first-order chi connectivity index (χ1) is 13.0. The molecule has 1 aliphatic heterocycles. The molecular formula is C21H27N3O2S. The Bertz CT molecular complexity index is 902. The molecule has 2 aromatic carbocycles. The lowest BCUT2D eigenvalue weighted by atomic mass is 9.96. The minimum absolute atomic E-state index is 0.420. The van der Waals surface area contributed by atoms with Gasteiger partial charge < -0.3 is 5.73 Å². The topological polar surface area (TPSA) is 75.4 Å². The van der Waals surface area contributed by atoms with Gasteiger partial charge in [0, 0.05) is 13.1 Å². The molecule has 3 N–H and O–H groups in total. The lowest BCUT2D eigenvalue weighted by Gasteiger charge is -2.26. The van der Waals surface area contributed by atoms with Gasteiger partial charge in [0.25, 0.3) is 0 Å². The molecular weight excluding hydrogens is 358 g/mol. The average Bonchev–Trinajstić information content (AvgIpc) is 2.69. The molecule has 0 aliphatic carbocycles. The predicted molar refractivity (Wildman–Crippen MR) is 113 cm³/mol. The van der Waals surface area contributed by atoms with E-state index in [9.17, 15) is 8.42 Å². The van der Waals surface area contributed by atoms with E-state index in [0.717, 1.165) is 42.4 Å². The third-order valence-electron chi connectivity index (χ3n) is 4.75. The molecule has 0 atom stereocenters. The molecule has 2 aromatic rings. The second-order valence-electron chi connectivity index (χ2n) is 6.76. The summed E-state index contributed by atoms with van der Waals surface area (Å²) in [6.07, 6.45) is 5.89. The highest BCUT2D eigenvalue weighted by Crippen LogP contribution is 2.30. The molecule has 0 saturated carbocycles. The third kappa shape index (κ3) is 4.70. The second kappa shape index (κ2) is 8.59. The summed E-state index contributed by atoms with van der Waals surface area (Å²) < 4.78 is 29.7. The average molecular weight is 386 g/mol. The molecule has 1 fully saturated rings. The van der Waals surface area contributed by atoms with Crippen molar-refractivity contribution in [3.63, 3.8) is 0 Å². The number of hydrogen-bond acceptors (Lipinski definition) is 3. The van der Waals surface area contributed by atoms with Crippen LogP contribution in [0.5, 0.6) is 0 Å². The number of nitrogens with zero attached hydrogens (tertiary/aromatic N) is 1. The highest BCUT2D eigenvalue weighted by Gasteiger charge is 2.24. The Morgan fingerprint density at radius 2 is 1.78 bits per heavy atom. The van der Waals surface area contributed by atoms with E-state index in [0.29, 0.717) is 24.5 Å². The third-order valence-corrected chi connectivity index (χ3v) is 6.27. The SMILES string of the molecule is CC/C=C(\c1ccccc1)c1ccc(N)c(NS(=O)(=O)N2CCCCC2)c1. The highest BCUT2D eigenvalue weighted by molar-refractivity contribution is 7.90. The fourth-order valence-electron chi connectivity index (χ4n) is 3.35. The van der Waals surface area contributed by atoms with Crippen molar-refractivity contribution in [3.05, 3.63) is 65.7 Å². The summed E-state index contributed by atoms with van der Waals surface area (Å²) in [5.74, 6) is 0. The van der Waals surface area contributed by atoms with Crippen LogP contribution >= 0.6 is 0 Å². The van der Waals surface area contributed by atoms with Gasteiger partial charge in [-0.05, 0) is 48.1 Å². The number of hydrogen-bond donors (Lipinski definition) is 2. The minimum Gasteiger partial charge on any atom is -0.397 e. The molecule has 1 aliphatic rings. The molecule has 3 rings (SSSR count). The summed E-state index contributed by atoms with van der Waals surface area (Å²) >= 11 is 0. The highest BCUT2D eigenvalue weighted by atomic mass is 32.2. The lowest BCUT2D eigenvalue weighted by Crippen LogP contribution is -2.39. The summed E-state index contributed by atoms with van der Waals surface area (Å²) in [6.45, 7) is 3.19. The first kappa shape index (κ1) is 19.5. The van der Waals surface area contributed by atoms with Crippen LogP contribution in [0.4, 0.5) is 11.4 Å². The van der Waals surface area contributed by atoms with Gasteiger partial charge in [-0.3, -0.25) is 4.72 Å². The predicted octanol–water partition coefficient (Wildman–Crippen LogP) is 4.25. The molecule has 5 nitrogen and oxygen atoms in total. The molecule has 0 unspecified atom stereocenters. The van der Waals surface area contributed by atoms with E-state index >= 15 is 0 Å². The van der Waals surface area contributed by atoms with E-state index in [4.69, 9.17) is 5.73 Å². The maximum Gasteiger partial charge on any atom is 0.301 e. The van der Waals surface area contributed by atoms with Crippen molar-refractivity contribution >= 4 is 27.2 Å². The van der Waals surface area contributed by atoms with E-state index in [1.165, 1.54) is 4.31 Å². The van der Waals surface area contributed by atoms with Gasteiger partial charge in [0.1, 0.15) is 0 Å². The summed E-state index contributed by atoms with van der Waals surface area (Å²) in [7, 11) is -3.59. The number of piperidine rings is 1. The van der Waals surface area contributed by atoms with Crippen LogP contribution < -0.4 is 10.5 Å². The fourth-order valence-corrected chi connectivity index (χ4v) is 4.67. The smallest absolute Gasteiger partial charge is 0.301 e. The van der Waals surface area contributed by atoms with Gasteiger partial charge in [0.15, 0.2) is 0 Å². The van der Waals surface area contributed by atoms with Crippen molar-refractivity contribution in [3.8, 4) is 0 Å². The zero-order chi connectivity index (χ0) is 19.3. The van der Waals surface area contributed by atoms with Crippen LogP contribution in [-0.4, -0.2) is 25.8 Å². The van der Waals surface area contributed by atoms with Crippen molar-refractivity contribution < 1.29 is 8.42 Å². The van der Waals surface area contributed by atoms with Crippen LogP contribution in [0, 0.1) is 0 Å². The lowest BCUT2D eigenvalue weighted by molar-refractivity contribution is 0.349. The van der Waals surface area contributed by atoms with Crippen molar-refractivity contribution in [1.29, 1.82) is 0 Å². The largest absolute Gasteiger partial charge is 0.397 e. The van der Waals surface area contributed by atoms with Gasteiger partial charge in [-0.1, -0.05) is 55.8 Å². The Balaban J connectivity index is 1.93. The molecule has 0 spiro atoms.